The Bertz CT molecular complexity index is 485. The zero-order valence-corrected chi connectivity index (χ0v) is 15.1. The first-order chi connectivity index (χ1) is 8.00. The van der Waals surface area contributed by atoms with Crippen LogP contribution in [0.5, 0.6) is 0 Å². The average molecular weight is 561 g/mol. The fourth-order valence-electron chi connectivity index (χ4n) is 0. The van der Waals surface area contributed by atoms with Gasteiger partial charge in [-0.3, -0.25) is 33.7 Å². The summed E-state index contributed by atoms with van der Waals surface area (Å²) in [4.78, 5) is 0. The van der Waals surface area contributed by atoms with Crippen LogP contribution in [0.2, 0.25) is 0 Å². The van der Waals surface area contributed by atoms with E-state index in [1.807, 2.05) is 0 Å². The molecule has 0 aromatic rings. The van der Waals surface area contributed by atoms with Gasteiger partial charge in [-0.25, -0.2) is 0 Å². The Morgan fingerprint density at radius 3 is 0.391 bits per heavy atom. The molecule has 0 saturated heterocycles. The normalized spacial score (nSPS) is 10.1. The molecule has 16 nitrogen and oxygen atoms in total. The van der Waals surface area contributed by atoms with Gasteiger partial charge in [0.05, 0.1) is 0 Å². The zero-order chi connectivity index (χ0) is 18.0. The monoisotopic (exact) mass is 560 g/mol. The van der Waals surface area contributed by atoms with E-state index >= 15 is 0 Å². The molecule has 0 N–H and O–H groups in total. The van der Waals surface area contributed by atoms with Crippen LogP contribution >= 0.6 is 0 Å². The van der Waals surface area contributed by atoms with Gasteiger partial charge in [-0.2, -0.15) is 0 Å². The molecule has 0 rings (SSSR count). The van der Waals surface area contributed by atoms with Crippen molar-refractivity contribution in [1.82, 2.24) is 0 Å². The standard InChI is InChI=1S/C.Ni.4H2O4S.Pd/c;;4*1-5(2,3)4;/h;;4*(H2,1,2,3,4);/q+4;+2;;;;;+2/p-8. The van der Waals surface area contributed by atoms with Crippen LogP contribution in [-0.4, -0.2) is 70.1 Å². The van der Waals surface area contributed by atoms with Crippen molar-refractivity contribution in [1.29, 1.82) is 0 Å². The number of rotatable bonds is 0. The van der Waals surface area contributed by atoms with Crippen molar-refractivity contribution in [3.63, 3.8) is 0 Å². The molecule has 0 unspecified atom stereocenters. The Morgan fingerprint density at radius 1 is 0.391 bits per heavy atom. The van der Waals surface area contributed by atoms with E-state index in [9.17, 15) is 0 Å². The van der Waals surface area contributed by atoms with Gasteiger partial charge in [-0.05, 0) is 0 Å². The van der Waals surface area contributed by atoms with Gasteiger partial charge in [-0.15, -0.1) is 0 Å². The van der Waals surface area contributed by atoms with E-state index in [1.54, 1.807) is 0 Å². The van der Waals surface area contributed by atoms with E-state index in [1.165, 1.54) is 0 Å². The molecule has 0 fully saturated rings. The maximum atomic E-state index is 8.52. The second-order valence-corrected chi connectivity index (χ2v) is 4.90. The summed E-state index contributed by atoms with van der Waals surface area (Å²) in [7, 11) is -20.7. The smallest absolute Gasteiger partial charge is 0.759 e. The van der Waals surface area contributed by atoms with Crippen molar-refractivity contribution in [2.45, 2.75) is 0 Å². The summed E-state index contributed by atoms with van der Waals surface area (Å²) in [6, 6.07) is 0. The summed E-state index contributed by atoms with van der Waals surface area (Å²) in [5, 5.41) is 0. The van der Waals surface area contributed by atoms with Crippen LogP contribution in [-0.2, 0) is 78.5 Å². The van der Waals surface area contributed by atoms with Crippen LogP contribution in [0.25, 0.3) is 0 Å². The van der Waals surface area contributed by atoms with Gasteiger partial charge in [0.1, 0.15) is 0 Å². The second-order valence-electron chi connectivity index (χ2n) is 1.63. The molecule has 0 saturated carbocycles. The molecule has 22 heteroatoms. The van der Waals surface area contributed by atoms with Crippen molar-refractivity contribution < 1.29 is 107 Å². The van der Waals surface area contributed by atoms with Gasteiger partial charge in [0.2, 0.25) is 0 Å². The summed E-state index contributed by atoms with van der Waals surface area (Å²) in [6.45, 7) is 0. The first-order valence-electron chi connectivity index (χ1n) is 2.67. The zero-order valence-electron chi connectivity index (χ0n) is 9.30. The Morgan fingerprint density at radius 2 is 0.391 bits per heavy atom. The van der Waals surface area contributed by atoms with Crippen LogP contribution in [0, 0.1) is 7.43 Å². The molecule has 0 heterocycles. The van der Waals surface area contributed by atoms with Gasteiger partial charge in [0, 0.05) is 41.6 Å². The van der Waals surface area contributed by atoms with Gasteiger partial charge >= 0.3 is 44.3 Å². The quantitative estimate of drug-likeness (QED) is 0.151. The molecule has 0 aliphatic rings. The van der Waals surface area contributed by atoms with E-state index in [-0.39, 0.29) is 44.3 Å². The minimum atomic E-state index is -5.17. The molecular formula is CNiO16PdS4. The molecule has 0 aliphatic heterocycles. The van der Waals surface area contributed by atoms with Crippen LogP contribution in [0.3, 0.4) is 0 Å². The minimum Gasteiger partial charge on any atom is -0.759 e. The number of hydrogen-bond acceptors (Lipinski definition) is 16. The molecule has 0 atom stereocenters. The van der Waals surface area contributed by atoms with Crippen molar-refractivity contribution in [2.75, 3.05) is 0 Å². The SMILES string of the molecule is O=S(=O)([O-])[O-].O=S(=O)([O-])[O-].O=S(=O)([O-])[O-].O=S(=O)([O-])[O-].[C+4].[Ni+2].[Pd+2]. The largest absolute Gasteiger partial charge is 4.00 e. The molecule has 0 spiro atoms. The molecule has 0 radical (unpaired) electrons. The van der Waals surface area contributed by atoms with Crippen molar-refractivity contribution in [3.8, 4) is 0 Å². The Labute approximate surface area is 155 Å². The third kappa shape index (κ3) is 23800. The Kier molecular flexibility index (Phi) is 33.2. The van der Waals surface area contributed by atoms with E-state index in [0.717, 1.165) is 0 Å². The van der Waals surface area contributed by atoms with Gasteiger partial charge in [0.25, 0.3) is 0 Å². The predicted octanol–water partition coefficient (Wildman–Crippen LogP) is -5.28. The first-order valence-corrected chi connectivity index (χ1v) is 8.00. The van der Waals surface area contributed by atoms with Crippen molar-refractivity contribution >= 4 is 41.6 Å². The second kappa shape index (κ2) is 17.5. The third-order valence-corrected chi connectivity index (χ3v) is 0. The maximum Gasteiger partial charge on any atom is 4.00 e. The molecule has 0 aromatic heterocycles. The summed E-state index contributed by atoms with van der Waals surface area (Å²) >= 11 is 0. The fourth-order valence-corrected chi connectivity index (χ4v) is 0. The van der Waals surface area contributed by atoms with E-state index < -0.39 is 41.6 Å². The van der Waals surface area contributed by atoms with Crippen LogP contribution in [0.15, 0.2) is 0 Å². The Hall–Kier alpha value is 0.636. The maximum absolute atomic E-state index is 8.52. The number of hydrogen-bond donors (Lipinski definition) is 0. The van der Waals surface area contributed by atoms with Crippen LogP contribution in [0.1, 0.15) is 0 Å². The summed E-state index contributed by atoms with van der Waals surface area (Å²) in [5.74, 6) is 0. The van der Waals surface area contributed by atoms with Crippen molar-refractivity contribution in [2.24, 2.45) is 0 Å². The molecule has 0 aliphatic carbocycles. The van der Waals surface area contributed by atoms with Gasteiger partial charge in [-0.1, -0.05) is 0 Å². The fraction of sp³-hybridized carbons (Fsp3) is 0. The third-order valence-electron chi connectivity index (χ3n) is 0. The van der Waals surface area contributed by atoms with Gasteiger partial charge in [0.15, 0.2) is 0 Å². The average Bonchev–Trinajstić information content (AvgIpc) is 1.62. The van der Waals surface area contributed by atoms with E-state index in [4.69, 9.17) is 70.1 Å². The van der Waals surface area contributed by atoms with Crippen LogP contribution < -0.4 is 0 Å². The van der Waals surface area contributed by atoms with E-state index in [0.29, 0.717) is 0 Å². The summed E-state index contributed by atoms with van der Waals surface area (Å²) in [6.07, 6.45) is 0. The molecule has 0 bridgehead atoms. The molecule has 23 heavy (non-hydrogen) atoms. The Balaban J connectivity index is -0.0000000284. The molecule has 144 valence electrons. The predicted molar refractivity (Wildman–Crippen MR) is 45.1 cm³/mol. The molecule has 0 amide bonds. The first kappa shape index (κ1) is 43.8. The van der Waals surface area contributed by atoms with Crippen molar-refractivity contribution in [3.05, 3.63) is 7.43 Å². The molecular weight excluding hydrogens is 561 g/mol. The summed E-state index contributed by atoms with van der Waals surface area (Å²) in [5.41, 5.74) is 0. The summed E-state index contributed by atoms with van der Waals surface area (Å²) < 4.78 is 136. The molecule has 0 aromatic carbocycles. The van der Waals surface area contributed by atoms with Gasteiger partial charge < -0.3 is 36.4 Å². The minimum absolute atomic E-state index is 0. The van der Waals surface area contributed by atoms with E-state index in [2.05, 4.69) is 0 Å². The van der Waals surface area contributed by atoms with Crippen LogP contribution in [0.4, 0.5) is 0 Å². The topological polar surface area (TPSA) is 321 Å².